The summed E-state index contributed by atoms with van der Waals surface area (Å²) in [6.07, 6.45) is 8.99. The first-order valence-corrected chi connectivity index (χ1v) is 4.70. The molecule has 66 valence electrons. The van der Waals surface area contributed by atoms with Crippen molar-refractivity contribution in [1.29, 1.82) is 0 Å². The second-order valence-corrected chi connectivity index (χ2v) is 1.96. The molecule has 0 saturated carbocycles. The van der Waals surface area contributed by atoms with Crippen LogP contribution in [0.2, 0.25) is 0 Å². The maximum Gasteiger partial charge on any atom is -0.0141 e. The Bertz CT molecular complexity index is 107. The summed E-state index contributed by atoms with van der Waals surface area (Å²) >= 11 is 0. The van der Waals surface area contributed by atoms with Crippen molar-refractivity contribution in [2.45, 2.75) is 47.5 Å². The van der Waals surface area contributed by atoms with Crippen LogP contribution in [0.5, 0.6) is 0 Å². The third-order valence-corrected chi connectivity index (χ3v) is 1.21. The lowest BCUT2D eigenvalue weighted by molar-refractivity contribution is 1.12. The maximum atomic E-state index is 2.26. The highest BCUT2D eigenvalue weighted by Gasteiger charge is 1.87. The molecule has 0 aromatic carbocycles. The average Bonchev–Trinajstić information content (AvgIpc) is 2.13. The second kappa shape index (κ2) is 12.2. The zero-order valence-corrected chi connectivity index (χ0v) is 8.65. The van der Waals surface area contributed by atoms with E-state index in [1.165, 1.54) is 12.0 Å². The molecule has 11 heavy (non-hydrogen) atoms. The van der Waals surface area contributed by atoms with E-state index in [1.54, 1.807) is 0 Å². The van der Waals surface area contributed by atoms with Gasteiger partial charge in [-0.1, -0.05) is 51.5 Å². The third-order valence-electron chi connectivity index (χ3n) is 1.21. The van der Waals surface area contributed by atoms with Gasteiger partial charge in [0.05, 0.1) is 0 Å². The summed E-state index contributed by atoms with van der Waals surface area (Å²) in [6.45, 7) is 10.2. The van der Waals surface area contributed by atoms with Gasteiger partial charge < -0.3 is 0 Å². The van der Waals surface area contributed by atoms with Crippen LogP contribution in [0, 0.1) is 0 Å². The van der Waals surface area contributed by atoms with Crippen molar-refractivity contribution >= 4 is 0 Å². The minimum absolute atomic E-state index is 1.14. The Hall–Kier alpha value is -0.520. The zero-order chi connectivity index (χ0) is 9.11. The van der Waals surface area contributed by atoms with Gasteiger partial charge in [-0.2, -0.15) is 0 Å². The van der Waals surface area contributed by atoms with Crippen molar-refractivity contribution in [2.75, 3.05) is 0 Å². The van der Waals surface area contributed by atoms with E-state index < -0.39 is 0 Å². The van der Waals surface area contributed by atoms with E-state index in [9.17, 15) is 0 Å². The Morgan fingerprint density at radius 1 is 1.00 bits per heavy atom. The fraction of sp³-hybridized carbons (Fsp3) is 0.636. The molecule has 0 heterocycles. The molecule has 0 aromatic heterocycles. The number of hydrogen-bond donors (Lipinski definition) is 0. The number of rotatable bonds is 0. The van der Waals surface area contributed by atoms with Crippen LogP contribution in [0.4, 0.5) is 0 Å². The van der Waals surface area contributed by atoms with Gasteiger partial charge in [0.1, 0.15) is 0 Å². The predicted molar refractivity (Wildman–Crippen MR) is 54.8 cm³/mol. The molecule has 0 atom stereocenters. The Morgan fingerprint density at radius 3 is 1.73 bits per heavy atom. The van der Waals surface area contributed by atoms with E-state index in [0.29, 0.717) is 0 Å². The van der Waals surface area contributed by atoms with Crippen LogP contribution in [0.25, 0.3) is 0 Å². The molecule has 1 aliphatic carbocycles. The third kappa shape index (κ3) is 9.48. The molecule has 0 radical (unpaired) electrons. The van der Waals surface area contributed by atoms with Crippen molar-refractivity contribution in [3.05, 3.63) is 23.8 Å². The van der Waals surface area contributed by atoms with Crippen LogP contribution in [-0.4, -0.2) is 0 Å². The molecule has 0 amide bonds. The average molecular weight is 154 g/mol. The zero-order valence-electron chi connectivity index (χ0n) is 8.65. The van der Waals surface area contributed by atoms with Gasteiger partial charge in [0.25, 0.3) is 0 Å². The summed E-state index contributed by atoms with van der Waals surface area (Å²) in [4.78, 5) is 0. The first-order valence-electron chi connectivity index (χ1n) is 4.70. The summed E-state index contributed by atoms with van der Waals surface area (Å²) in [5.74, 6) is 0. The smallest absolute Gasteiger partial charge is 0.0141 e. The van der Waals surface area contributed by atoms with Crippen molar-refractivity contribution in [1.82, 2.24) is 0 Å². The summed E-state index contributed by atoms with van der Waals surface area (Å²) in [5, 5.41) is 0. The molecule has 0 aromatic rings. The van der Waals surface area contributed by atoms with E-state index in [-0.39, 0.29) is 0 Å². The molecular weight excluding hydrogens is 132 g/mol. The topological polar surface area (TPSA) is 0 Å². The molecule has 0 bridgehead atoms. The minimum Gasteiger partial charge on any atom is -0.0844 e. The maximum absolute atomic E-state index is 2.26. The van der Waals surface area contributed by atoms with Gasteiger partial charge in [0.2, 0.25) is 0 Å². The molecule has 1 rings (SSSR count). The van der Waals surface area contributed by atoms with E-state index in [2.05, 4.69) is 25.2 Å². The number of hydrogen-bond acceptors (Lipinski definition) is 0. The fourth-order valence-corrected chi connectivity index (χ4v) is 0.718. The van der Waals surface area contributed by atoms with Gasteiger partial charge in [-0.15, -0.1) is 0 Å². The van der Waals surface area contributed by atoms with Crippen molar-refractivity contribution in [3.8, 4) is 0 Å². The van der Waals surface area contributed by atoms with Gasteiger partial charge in [0, 0.05) is 0 Å². The van der Waals surface area contributed by atoms with Gasteiger partial charge in [0.15, 0.2) is 0 Å². The minimum atomic E-state index is 1.14. The highest BCUT2D eigenvalue weighted by atomic mass is 13.9. The van der Waals surface area contributed by atoms with Crippen LogP contribution >= 0.6 is 0 Å². The molecule has 0 unspecified atom stereocenters. The molecule has 1 aliphatic rings. The molecule has 0 spiro atoms. The van der Waals surface area contributed by atoms with Gasteiger partial charge >= 0.3 is 0 Å². The molecule has 0 saturated heterocycles. The summed E-state index contributed by atoms with van der Waals surface area (Å²) < 4.78 is 0. The molecule has 0 aliphatic heterocycles. The summed E-state index contributed by atoms with van der Waals surface area (Å²) in [7, 11) is 0. The highest BCUT2D eigenvalue weighted by Crippen LogP contribution is 2.07. The van der Waals surface area contributed by atoms with Crippen LogP contribution < -0.4 is 0 Å². The highest BCUT2D eigenvalue weighted by molar-refractivity contribution is 5.11. The first-order chi connectivity index (χ1) is 5.39. The van der Waals surface area contributed by atoms with E-state index in [0.717, 1.165) is 6.42 Å². The van der Waals surface area contributed by atoms with Crippen LogP contribution in [-0.2, 0) is 0 Å². The Kier molecular flexibility index (Phi) is 14.5. The van der Waals surface area contributed by atoms with E-state index >= 15 is 0 Å². The van der Waals surface area contributed by atoms with Crippen molar-refractivity contribution in [2.24, 2.45) is 0 Å². The first kappa shape index (κ1) is 13.1. The lowest BCUT2D eigenvalue weighted by atomic mass is 10.1. The molecule has 0 heteroatoms. The Morgan fingerprint density at radius 2 is 1.55 bits per heavy atom. The molecule has 0 fully saturated rings. The summed E-state index contributed by atoms with van der Waals surface area (Å²) in [5.41, 5.74) is 1.50. The van der Waals surface area contributed by atoms with E-state index in [4.69, 9.17) is 0 Å². The van der Waals surface area contributed by atoms with Crippen LogP contribution in [0.15, 0.2) is 23.8 Å². The quantitative estimate of drug-likeness (QED) is 0.455. The molecule has 0 N–H and O–H groups in total. The van der Waals surface area contributed by atoms with E-state index in [1.807, 2.05) is 27.7 Å². The Labute approximate surface area is 72.0 Å². The predicted octanol–water partition coefficient (Wildman–Crippen LogP) is 4.34. The fourth-order valence-electron chi connectivity index (χ4n) is 0.718. The van der Waals surface area contributed by atoms with Gasteiger partial charge in [-0.05, 0) is 19.8 Å². The van der Waals surface area contributed by atoms with Crippen molar-refractivity contribution < 1.29 is 0 Å². The number of allylic oxidation sites excluding steroid dienone is 4. The standard InChI is InChI=1S/C7H10.2C2H6/c1-7-5-3-2-4-6-7;2*1-2/h2-3,6H,4-5H2,1H3;2*1-2H3. The van der Waals surface area contributed by atoms with Crippen LogP contribution in [0.3, 0.4) is 0 Å². The SMILES string of the molecule is CC.CC.CC1=CCC=CC1. The lowest BCUT2D eigenvalue weighted by Gasteiger charge is -1.98. The molecular formula is C11H22. The van der Waals surface area contributed by atoms with Gasteiger partial charge in [-0.3, -0.25) is 0 Å². The van der Waals surface area contributed by atoms with Gasteiger partial charge in [-0.25, -0.2) is 0 Å². The second-order valence-electron chi connectivity index (χ2n) is 1.96. The Balaban J connectivity index is 0. The largest absolute Gasteiger partial charge is 0.0844 e. The summed E-state index contributed by atoms with van der Waals surface area (Å²) in [6, 6.07) is 0. The van der Waals surface area contributed by atoms with Crippen LogP contribution in [0.1, 0.15) is 47.5 Å². The normalized spacial score (nSPS) is 13.4. The lowest BCUT2D eigenvalue weighted by Crippen LogP contribution is -1.77. The van der Waals surface area contributed by atoms with Crippen molar-refractivity contribution in [3.63, 3.8) is 0 Å². The molecule has 0 nitrogen and oxygen atoms in total. The monoisotopic (exact) mass is 154 g/mol.